The van der Waals surface area contributed by atoms with E-state index in [-0.39, 0.29) is 29.1 Å². The average Bonchev–Trinajstić information content (AvgIpc) is 3.14. The number of carbonyl (C=O) groups excluding carboxylic acids is 1. The Kier molecular flexibility index (Phi) is 6.04. The van der Waals surface area contributed by atoms with E-state index in [0.29, 0.717) is 12.2 Å². The predicted molar refractivity (Wildman–Crippen MR) is 119 cm³/mol. The summed E-state index contributed by atoms with van der Waals surface area (Å²) in [6, 6.07) is 8.91. The van der Waals surface area contributed by atoms with Crippen molar-refractivity contribution in [3.63, 3.8) is 0 Å². The molecule has 1 amide bonds. The van der Waals surface area contributed by atoms with Gasteiger partial charge >= 0.3 is 0 Å². The summed E-state index contributed by atoms with van der Waals surface area (Å²) < 4.78 is 7.03. The van der Waals surface area contributed by atoms with E-state index >= 15 is 0 Å². The van der Waals surface area contributed by atoms with Crippen molar-refractivity contribution < 1.29 is 14.6 Å². The van der Waals surface area contributed by atoms with E-state index in [9.17, 15) is 9.90 Å². The Bertz CT molecular complexity index is 903. The van der Waals surface area contributed by atoms with Crippen molar-refractivity contribution in [2.45, 2.75) is 36.8 Å². The first-order valence-corrected chi connectivity index (χ1v) is 11.6. The van der Waals surface area contributed by atoms with Gasteiger partial charge in [0.05, 0.1) is 12.2 Å². The van der Waals surface area contributed by atoms with Gasteiger partial charge in [-0.1, -0.05) is 18.2 Å². The van der Waals surface area contributed by atoms with Crippen LogP contribution in [-0.2, 0) is 10.3 Å². The molecule has 9 heteroatoms. The van der Waals surface area contributed by atoms with Gasteiger partial charge in [0, 0.05) is 23.5 Å². The van der Waals surface area contributed by atoms with Gasteiger partial charge in [-0.3, -0.25) is 10.1 Å². The third-order valence-electron chi connectivity index (χ3n) is 5.86. The molecule has 3 N–H and O–H groups in total. The van der Waals surface area contributed by atoms with Crippen LogP contribution in [0.15, 0.2) is 40.3 Å². The van der Waals surface area contributed by atoms with Gasteiger partial charge in [-0.25, -0.2) is 4.98 Å². The maximum atomic E-state index is 12.5. The first kappa shape index (κ1) is 20.9. The van der Waals surface area contributed by atoms with Crippen LogP contribution in [0.3, 0.4) is 0 Å². The molecule has 2 heterocycles. The molecule has 1 spiro atoms. The highest BCUT2D eigenvalue weighted by molar-refractivity contribution is 9.10. The van der Waals surface area contributed by atoms with Crippen LogP contribution in [0.5, 0.6) is 0 Å². The number of aliphatic hydroxyl groups is 1. The molecule has 6 nitrogen and oxygen atoms in total. The molecule has 4 rings (SSSR count). The zero-order chi connectivity index (χ0) is 20.5. The molecule has 29 heavy (non-hydrogen) atoms. The molecule has 2 fully saturated rings. The first-order chi connectivity index (χ1) is 14.0. The van der Waals surface area contributed by atoms with Crippen LogP contribution in [0.1, 0.15) is 41.0 Å². The quantitative estimate of drug-likeness (QED) is 0.564. The number of thiazole rings is 1. The van der Waals surface area contributed by atoms with Crippen LogP contribution in [0.2, 0.25) is 0 Å². The zero-order valence-corrected chi connectivity index (χ0v) is 18.9. The van der Waals surface area contributed by atoms with Crippen LogP contribution in [0.25, 0.3) is 0 Å². The number of thiocarbonyl (C=S) groups is 1. The SMILES string of the molecule is O=C(NC(=S)N[C@@]1(c2nc(Br)cs2)COC2(CCC2)C[C@H]1CO)c1ccccc1. The third-order valence-corrected chi connectivity index (χ3v) is 7.80. The minimum atomic E-state index is -0.798. The van der Waals surface area contributed by atoms with Crippen molar-refractivity contribution in [1.29, 1.82) is 0 Å². The van der Waals surface area contributed by atoms with E-state index in [4.69, 9.17) is 17.0 Å². The van der Waals surface area contributed by atoms with E-state index in [2.05, 4.69) is 31.5 Å². The van der Waals surface area contributed by atoms with Crippen LogP contribution in [0.4, 0.5) is 0 Å². The standard InChI is InChI=1S/C20H22BrN3O3S2/c21-15-11-29-17(22-15)20(12-27-19(7-4-8-19)9-14(20)10-25)24-18(28)23-16(26)13-5-2-1-3-6-13/h1-3,5-6,11,14,25H,4,7-10,12H2,(H2,23,24,26,28)/t14-,20-/m0/s1. The Morgan fingerprint density at radius 2 is 2.14 bits per heavy atom. The molecule has 1 aromatic carbocycles. The molecule has 1 saturated heterocycles. The van der Waals surface area contributed by atoms with E-state index in [0.717, 1.165) is 35.3 Å². The Balaban J connectivity index is 1.58. The molecular weight excluding hydrogens is 474 g/mol. The van der Waals surface area contributed by atoms with Gasteiger partial charge in [0.15, 0.2) is 5.11 Å². The summed E-state index contributed by atoms with van der Waals surface area (Å²) in [5.74, 6) is -0.424. The molecule has 0 unspecified atom stereocenters. The average molecular weight is 496 g/mol. The summed E-state index contributed by atoms with van der Waals surface area (Å²) in [7, 11) is 0. The fourth-order valence-corrected chi connectivity index (χ4v) is 5.84. The fraction of sp³-hybridized carbons (Fsp3) is 0.450. The number of rotatable bonds is 4. The number of nitrogens with zero attached hydrogens (tertiary/aromatic N) is 1. The maximum Gasteiger partial charge on any atom is 0.257 e. The predicted octanol–water partition coefficient (Wildman–Crippen LogP) is 3.36. The van der Waals surface area contributed by atoms with Crippen molar-refractivity contribution in [3.8, 4) is 0 Å². The highest BCUT2D eigenvalue weighted by Gasteiger charge is 2.54. The van der Waals surface area contributed by atoms with Crippen LogP contribution in [-0.4, -0.2) is 39.9 Å². The van der Waals surface area contributed by atoms with Gasteiger partial charge < -0.3 is 15.2 Å². The third kappa shape index (κ3) is 4.11. The number of hydrogen-bond donors (Lipinski definition) is 3. The molecule has 1 aromatic heterocycles. The molecule has 1 aliphatic heterocycles. The molecule has 0 radical (unpaired) electrons. The number of carbonyl (C=O) groups is 1. The van der Waals surface area contributed by atoms with Crippen LogP contribution < -0.4 is 10.6 Å². The minimum Gasteiger partial charge on any atom is -0.396 e. The van der Waals surface area contributed by atoms with Crippen molar-refractivity contribution >= 4 is 50.5 Å². The monoisotopic (exact) mass is 495 g/mol. The summed E-state index contributed by atoms with van der Waals surface area (Å²) >= 11 is 10.4. The summed E-state index contributed by atoms with van der Waals surface area (Å²) in [6.07, 6.45) is 3.89. The second kappa shape index (κ2) is 8.39. The van der Waals surface area contributed by atoms with E-state index < -0.39 is 5.54 Å². The molecule has 2 aromatic rings. The number of halogens is 1. The van der Waals surface area contributed by atoms with Crippen molar-refractivity contribution in [2.75, 3.05) is 13.2 Å². The van der Waals surface area contributed by atoms with Crippen LogP contribution >= 0.6 is 39.5 Å². The summed E-state index contributed by atoms with van der Waals surface area (Å²) in [5.41, 5.74) is -0.426. The maximum absolute atomic E-state index is 12.5. The molecule has 0 bridgehead atoms. The van der Waals surface area contributed by atoms with Crippen molar-refractivity contribution in [3.05, 3.63) is 50.9 Å². The summed E-state index contributed by atoms with van der Waals surface area (Å²) in [4.78, 5) is 17.1. The van der Waals surface area contributed by atoms with Crippen LogP contribution in [0, 0.1) is 5.92 Å². The van der Waals surface area contributed by atoms with Gasteiger partial charge in [0.25, 0.3) is 5.91 Å². The number of aliphatic hydroxyl groups excluding tert-OH is 1. The Morgan fingerprint density at radius 3 is 2.72 bits per heavy atom. The number of aromatic nitrogens is 1. The second-order valence-electron chi connectivity index (χ2n) is 7.63. The fourth-order valence-electron chi connectivity index (χ4n) is 4.09. The molecular formula is C20H22BrN3O3S2. The molecule has 1 saturated carbocycles. The minimum absolute atomic E-state index is 0.0233. The number of benzene rings is 1. The number of amides is 1. The van der Waals surface area contributed by atoms with Crippen molar-refractivity contribution in [1.82, 2.24) is 15.6 Å². The largest absolute Gasteiger partial charge is 0.396 e. The Labute approximate surface area is 187 Å². The molecule has 2 atom stereocenters. The van der Waals surface area contributed by atoms with Gasteiger partial charge in [0.1, 0.15) is 15.1 Å². The smallest absolute Gasteiger partial charge is 0.257 e. The molecule has 2 aliphatic rings. The Hall–Kier alpha value is -1.39. The lowest BCUT2D eigenvalue weighted by atomic mass is 9.67. The number of hydrogen-bond acceptors (Lipinski definition) is 6. The second-order valence-corrected chi connectivity index (χ2v) is 9.71. The first-order valence-electron chi connectivity index (χ1n) is 9.51. The zero-order valence-electron chi connectivity index (χ0n) is 15.7. The lowest BCUT2D eigenvalue weighted by Crippen LogP contribution is -2.64. The van der Waals surface area contributed by atoms with Crippen molar-refractivity contribution in [2.24, 2.45) is 5.92 Å². The highest BCUT2D eigenvalue weighted by atomic mass is 79.9. The topological polar surface area (TPSA) is 83.5 Å². The van der Waals surface area contributed by atoms with Gasteiger partial charge in [-0.15, -0.1) is 11.3 Å². The van der Waals surface area contributed by atoms with Gasteiger partial charge in [0.2, 0.25) is 0 Å². The van der Waals surface area contributed by atoms with E-state index in [1.165, 1.54) is 11.3 Å². The highest BCUT2D eigenvalue weighted by Crippen LogP contribution is 2.50. The molecule has 154 valence electrons. The van der Waals surface area contributed by atoms with Gasteiger partial charge in [-0.05, 0) is 66.0 Å². The molecule has 1 aliphatic carbocycles. The lowest BCUT2D eigenvalue weighted by molar-refractivity contribution is -0.183. The number of nitrogens with one attached hydrogen (secondary N) is 2. The number of ether oxygens (including phenoxy) is 1. The normalized spacial score (nSPS) is 25.2. The Morgan fingerprint density at radius 1 is 1.38 bits per heavy atom. The lowest BCUT2D eigenvalue weighted by Gasteiger charge is -2.54. The summed E-state index contributed by atoms with van der Waals surface area (Å²) in [5, 5.41) is 19.2. The summed E-state index contributed by atoms with van der Waals surface area (Å²) in [6.45, 7) is 0.310. The van der Waals surface area contributed by atoms with E-state index in [1.54, 1.807) is 24.3 Å². The van der Waals surface area contributed by atoms with Gasteiger partial charge in [-0.2, -0.15) is 0 Å². The van der Waals surface area contributed by atoms with E-state index in [1.807, 2.05) is 11.4 Å².